The van der Waals surface area contributed by atoms with Gasteiger partial charge in [0.25, 0.3) is 0 Å². The summed E-state index contributed by atoms with van der Waals surface area (Å²) in [6.07, 6.45) is 6.95. The Bertz CT molecular complexity index is 626. The molecule has 2 aliphatic rings. The number of hydrogen-bond acceptors (Lipinski definition) is 3. The minimum Gasteiger partial charge on any atom is -0.491 e. The van der Waals surface area contributed by atoms with Crippen molar-refractivity contribution >= 4 is 17.6 Å². The van der Waals surface area contributed by atoms with E-state index in [2.05, 4.69) is 10.6 Å². The molecule has 2 N–H and O–H groups in total. The fourth-order valence-electron chi connectivity index (χ4n) is 3.46. The van der Waals surface area contributed by atoms with Crippen LogP contribution in [0, 0.1) is 0 Å². The van der Waals surface area contributed by atoms with Crippen molar-refractivity contribution in [1.82, 2.24) is 10.6 Å². The number of carbonyl (C=O) groups is 2. The molecule has 1 saturated carbocycles. The summed E-state index contributed by atoms with van der Waals surface area (Å²) in [6.45, 7) is 0.980. The normalized spacial score (nSPS) is 18.1. The molecule has 1 fully saturated rings. The lowest BCUT2D eigenvalue weighted by atomic mass is 9.96. The van der Waals surface area contributed by atoms with Crippen LogP contribution in [0.25, 0.3) is 0 Å². The van der Waals surface area contributed by atoms with Gasteiger partial charge in [-0.1, -0.05) is 25.3 Å². The van der Waals surface area contributed by atoms with Gasteiger partial charge in [0.2, 0.25) is 5.91 Å². The molecule has 1 aliphatic carbocycles. The number of amides is 3. The average Bonchev–Trinajstić information content (AvgIpc) is 2.75. The average molecular weight is 345 g/mol. The summed E-state index contributed by atoms with van der Waals surface area (Å²) < 4.78 is 5.63. The molecule has 136 valence electrons. The van der Waals surface area contributed by atoms with Gasteiger partial charge < -0.3 is 20.3 Å². The highest BCUT2D eigenvalue weighted by atomic mass is 16.5. The third kappa shape index (κ3) is 4.65. The van der Waals surface area contributed by atoms with Crippen molar-refractivity contribution in [3.8, 4) is 5.75 Å². The molecule has 0 spiro atoms. The van der Waals surface area contributed by atoms with E-state index in [1.165, 1.54) is 19.3 Å². The van der Waals surface area contributed by atoms with E-state index >= 15 is 0 Å². The molecular formula is C19H27N3O3. The summed E-state index contributed by atoms with van der Waals surface area (Å²) in [5.74, 6) is 0.793. The predicted octanol–water partition coefficient (Wildman–Crippen LogP) is 2.61. The first-order valence-electron chi connectivity index (χ1n) is 9.20. The molecule has 1 heterocycles. The molecule has 25 heavy (non-hydrogen) atoms. The van der Waals surface area contributed by atoms with E-state index < -0.39 is 0 Å². The van der Waals surface area contributed by atoms with E-state index in [0.717, 1.165) is 29.8 Å². The Morgan fingerprint density at radius 2 is 2.08 bits per heavy atom. The highest BCUT2D eigenvalue weighted by Crippen LogP contribution is 2.31. The molecule has 6 nitrogen and oxygen atoms in total. The van der Waals surface area contributed by atoms with Crippen molar-refractivity contribution in [3.05, 3.63) is 23.8 Å². The number of fused-ring (bicyclic) bond motifs is 1. The van der Waals surface area contributed by atoms with Crippen LogP contribution in [0.1, 0.15) is 44.1 Å². The van der Waals surface area contributed by atoms with E-state index in [-0.39, 0.29) is 11.9 Å². The molecule has 0 atom stereocenters. The topological polar surface area (TPSA) is 70.7 Å². The Morgan fingerprint density at radius 1 is 1.28 bits per heavy atom. The third-order valence-corrected chi connectivity index (χ3v) is 4.97. The van der Waals surface area contributed by atoms with Crippen LogP contribution >= 0.6 is 0 Å². The number of nitrogens with one attached hydrogen (secondary N) is 2. The summed E-state index contributed by atoms with van der Waals surface area (Å²) in [5.41, 5.74) is 1.87. The quantitative estimate of drug-likeness (QED) is 0.881. The van der Waals surface area contributed by atoms with Gasteiger partial charge in [-0.05, 0) is 37.0 Å². The van der Waals surface area contributed by atoms with Gasteiger partial charge in [-0.2, -0.15) is 0 Å². The van der Waals surface area contributed by atoms with E-state index in [1.807, 2.05) is 18.2 Å². The molecule has 3 rings (SSSR count). The molecule has 3 amide bonds. The summed E-state index contributed by atoms with van der Waals surface area (Å²) in [4.78, 5) is 25.6. The minimum absolute atomic E-state index is 0.0564. The highest BCUT2D eigenvalue weighted by molar-refractivity contribution is 5.95. The standard InChI is InChI=1S/C19H27N3O3/c1-22-16-13-14(7-8-17(16)25-12-10-18(22)23)9-11-20-19(24)21-15-5-3-2-4-6-15/h7-8,13,15H,2-6,9-12H2,1H3,(H2,20,21,24). The Hall–Kier alpha value is -2.24. The van der Waals surface area contributed by atoms with Gasteiger partial charge in [0, 0.05) is 19.6 Å². The SMILES string of the molecule is CN1C(=O)CCOc2ccc(CCNC(=O)NC3CCCCC3)cc21. The van der Waals surface area contributed by atoms with Gasteiger partial charge in [-0.25, -0.2) is 4.79 Å². The number of rotatable bonds is 4. The number of nitrogens with zero attached hydrogens (tertiary/aromatic N) is 1. The molecule has 0 radical (unpaired) electrons. The maximum Gasteiger partial charge on any atom is 0.315 e. The van der Waals surface area contributed by atoms with Crippen LogP contribution in [-0.2, 0) is 11.2 Å². The Morgan fingerprint density at radius 3 is 2.88 bits per heavy atom. The fourth-order valence-corrected chi connectivity index (χ4v) is 3.46. The number of anilines is 1. The van der Waals surface area contributed by atoms with Crippen molar-refractivity contribution in [3.63, 3.8) is 0 Å². The number of benzene rings is 1. The van der Waals surface area contributed by atoms with Crippen LogP contribution in [0.5, 0.6) is 5.75 Å². The zero-order chi connectivity index (χ0) is 17.6. The number of hydrogen-bond donors (Lipinski definition) is 2. The molecular weight excluding hydrogens is 318 g/mol. The van der Waals surface area contributed by atoms with Crippen LogP contribution in [-0.4, -0.2) is 38.2 Å². The molecule has 6 heteroatoms. The first-order chi connectivity index (χ1) is 12.1. The molecule has 1 aromatic carbocycles. The van der Waals surface area contributed by atoms with Crippen molar-refractivity contribution in [2.24, 2.45) is 0 Å². The molecule has 0 aromatic heterocycles. The second-order valence-electron chi connectivity index (χ2n) is 6.84. The lowest BCUT2D eigenvalue weighted by Crippen LogP contribution is -2.43. The summed E-state index contributed by atoms with van der Waals surface area (Å²) in [6, 6.07) is 6.10. The number of urea groups is 1. The van der Waals surface area contributed by atoms with Gasteiger partial charge in [0.15, 0.2) is 0 Å². The van der Waals surface area contributed by atoms with Crippen LogP contribution in [0.4, 0.5) is 10.5 Å². The van der Waals surface area contributed by atoms with Crippen molar-refractivity contribution < 1.29 is 14.3 Å². The van der Waals surface area contributed by atoms with E-state index in [1.54, 1.807) is 11.9 Å². The number of ether oxygens (including phenoxy) is 1. The Labute approximate surface area is 148 Å². The van der Waals surface area contributed by atoms with E-state index in [0.29, 0.717) is 32.0 Å². The Balaban J connectivity index is 1.51. The molecule has 0 bridgehead atoms. The van der Waals surface area contributed by atoms with E-state index in [9.17, 15) is 9.59 Å². The maximum absolute atomic E-state index is 12.0. The van der Waals surface area contributed by atoms with Crippen molar-refractivity contribution in [2.75, 3.05) is 25.1 Å². The lowest BCUT2D eigenvalue weighted by Gasteiger charge is -2.23. The second-order valence-corrected chi connectivity index (χ2v) is 6.84. The van der Waals surface area contributed by atoms with Crippen molar-refractivity contribution in [2.45, 2.75) is 51.0 Å². The van der Waals surface area contributed by atoms with Crippen LogP contribution in [0.2, 0.25) is 0 Å². The van der Waals surface area contributed by atoms with Crippen LogP contribution in [0.15, 0.2) is 18.2 Å². The van der Waals surface area contributed by atoms with Crippen LogP contribution in [0.3, 0.4) is 0 Å². The van der Waals surface area contributed by atoms with Gasteiger partial charge in [-0.15, -0.1) is 0 Å². The second kappa shape index (κ2) is 8.23. The monoisotopic (exact) mass is 345 g/mol. The predicted molar refractivity (Wildman–Crippen MR) is 97.1 cm³/mol. The van der Waals surface area contributed by atoms with Gasteiger partial charge in [0.1, 0.15) is 5.75 Å². The summed E-state index contributed by atoms with van der Waals surface area (Å²) >= 11 is 0. The van der Waals surface area contributed by atoms with Gasteiger partial charge in [0.05, 0.1) is 18.7 Å². The first-order valence-corrected chi connectivity index (χ1v) is 9.20. The molecule has 1 aliphatic heterocycles. The smallest absolute Gasteiger partial charge is 0.315 e. The zero-order valence-corrected chi connectivity index (χ0v) is 14.8. The lowest BCUT2D eigenvalue weighted by molar-refractivity contribution is -0.118. The summed E-state index contributed by atoms with van der Waals surface area (Å²) in [7, 11) is 1.77. The molecule has 1 aromatic rings. The van der Waals surface area contributed by atoms with Crippen LogP contribution < -0.4 is 20.3 Å². The molecule has 0 saturated heterocycles. The van der Waals surface area contributed by atoms with Crippen molar-refractivity contribution in [1.29, 1.82) is 0 Å². The largest absolute Gasteiger partial charge is 0.491 e. The first kappa shape index (κ1) is 17.6. The number of carbonyl (C=O) groups excluding carboxylic acids is 2. The molecule has 0 unspecified atom stereocenters. The van der Waals surface area contributed by atoms with Gasteiger partial charge >= 0.3 is 6.03 Å². The highest BCUT2D eigenvalue weighted by Gasteiger charge is 2.20. The minimum atomic E-state index is -0.0858. The maximum atomic E-state index is 12.0. The fraction of sp³-hybridized carbons (Fsp3) is 0.579. The van der Waals surface area contributed by atoms with E-state index in [4.69, 9.17) is 4.74 Å². The third-order valence-electron chi connectivity index (χ3n) is 4.97. The Kier molecular flexibility index (Phi) is 5.79. The van der Waals surface area contributed by atoms with Gasteiger partial charge in [-0.3, -0.25) is 4.79 Å². The summed E-state index contributed by atoms with van der Waals surface area (Å²) in [5, 5.41) is 5.98. The zero-order valence-electron chi connectivity index (χ0n) is 14.8.